The Balaban J connectivity index is 1.88. The zero-order valence-corrected chi connectivity index (χ0v) is 20.6. The second kappa shape index (κ2) is 8.98. The topological polar surface area (TPSA) is 20.2 Å². The van der Waals surface area contributed by atoms with Gasteiger partial charge in [-0.1, -0.05) is 79.9 Å². The molecule has 0 fully saturated rings. The number of halogens is 6. The summed E-state index contributed by atoms with van der Waals surface area (Å²) in [7, 11) is 0. The van der Waals surface area contributed by atoms with Crippen molar-refractivity contribution in [1.29, 1.82) is 0 Å². The van der Waals surface area contributed by atoms with Crippen molar-refractivity contribution in [1.82, 2.24) is 0 Å². The first-order valence-electron chi connectivity index (χ1n) is 9.89. The van der Waals surface area contributed by atoms with Crippen molar-refractivity contribution in [2.24, 2.45) is 0 Å². The highest BCUT2D eigenvalue weighted by Gasteiger charge is 2.39. The summed E-state index contributed by atoms with van der Waals surface area (Å²) in [5, 5.41) is 12.2. The molecule has 166 valence electrons. The van der Waals surface area contributed by atoms with Gasteiger partial charge in [0.15, 0.2) is 0 Å². The zero-order valence-electron chi connectivity index (χ0n) is 16.6. The summed E-state index contributed by atoms with van der Waals surface area (Å²) in [6.45, 7) is 0. The van der Waals surface area contributed by atoms with E-state index in [1.165, 1.54) is 12.1 Å². The fourth-order valence-corrected chi connectivity index (χ4v) is 5.69. The van der Waals surface area contributed by atoms with Crippen LogP contribution in [0.25, 0.3) is 5.57 Å². The fraction of sp³-hybridized carbons (Fsp3) is 0.200. The highest BCUT2D eigenvalue weighted by Crippen LogP contribution is 2.49. The Labute approximate surface area is 206 Å². The standard InChI is InChI=1S/C25H18Br2ClF3O/c26-21-7-3-1-5-18(21)15-11-16(19-12-17(25(29,30)31)9-10-22(19)27)14-24(32,13-15)20-6-2-4-8-23(20)28/h1-10,12-13,16,32H,11,14H2. The molecular formula is C25H18Br2ClF3O. The molecule has 3 aromatic carbocycles. The molecule has 0 saturated carbocycles. The Kier molecular flexibility index (Phi) is 6.61. The van der Waals surface area contributed by atoms with Gasteiger partial charge in [-0.05, 0) is 71.9 Å². The van der Waals surface area contributed by atoms with Crippen LogP contribution in [0.5, 0.6) is 0 Å². The van der Waals surface area contributed by atoms with Crippen LogP contribution < -0.4 is 0 Å². The fourth-order valence-electron chi connectivity index (χ4n) is 4.28. The molecule has 1 aliphatic carbocycles. The van der Waals surface area contributed by atoms with E-state index in [2.05, 4.69) is 31.9 Å². The van der Waals surface area contributed by atoms with Crippen molar-refractivity contribution in [3.05, 3.63) is 109 Å². The summed E-state index contributed by atoms with van der Waals surface area (Å²) < 4.78 is 41.7. The van der Waals surface area contributed by atoms with Gasteiger partial charge < -0.3 is 5.11 Å². The quantitative estimate of drug-likeness (QED) is 0.325. The molecule has 1 N–H and O–H groups in total. The molecule has 3 aromatic rings. The highest BCUT2D eigenvalue weighted by molar-refractivity contribution is 9.10. The van der Waals surface area contributed by atoms with E-state index >= 15 is 0 Å². The Morgan fingerprint density at radius 1 is 0.938 bits per heavy atom. The van der Waals surface area contributed by atoms with Gasteiger partial charge in [0.1, 0.15) is 5.60 Å². The molecule has 7 heteroatoms. The first-order valence-corrected chi connectivity index (χ1v) is 11.9. The molecule has 0 spiro atoms. The average Bonchev–Trinajstić information content (AvgIpc) is 2.73. The monoisotopic (exact) mass is 584 g/mol. The van der Waals surface area contributed by atoms with Gasteiger partial charge in [0.05, 0.1) is 5.56 Å². The van der Waals surface area contributed by atoms with E-state index in [1.54, 1.807) is 30.3 Å². The van der Waals surface area contributed by atoms with Crippen molar-refractivity contribution < 1.29 is 18.3 Å². The summed E-state index contributed by atoms with van der Waals surface area (Å²) in [5.74, 6) is -0.375. The van der Waals surface area contributed by atoms with E-state index in [-0.39, 0.29) is 12.3 Å². The third-order valence-electron chi connectivity index (χ3n) is 5.76. The number of rotatable bonds is 3. The Morgan fingerprint density at radius 3 is 2.31 bits per heavy atom. The molecule has 0 bridgehead atoms. The van der Waals surface area contributed by atoms with Crippen LogP contribution in [0.3, 0.4) is 0 Å². The number of hydrogen-bond acceptors (Lipinski definition) is 1. The number of hydrogen-bond donors (Lipinski definition) is 1. The van der Waals surface area contributed by atoms with Gasteiger partial charge in [-0.2, -0.15) is 13.2 Å². The summed E-state index contributed by atoms with van der Waals surface area (Å²) >= 11 is 13.4. The molecule has 0 heterocycles. The van der Waals surface area contributed by atoms with Gasteiger partial charge >= 0.3 is 6.18 Å². The maximum absolute atomic E-state index is 13.4. The van der Waals surface area contributed by atoms with Crippen LogP contribution in [0.1, 0.15) is 41.0 Å². The SMILES string of the molecule is OC1(c2ccccc2Cl)C=C(c2ccccc2Br)CC(c2cc(C(F)(F)F)ccc2Br)C1. The molecule has 0 aliphatic heterocycles. The van der Waals surface area contributed by atoms with E-state index in [1.807, 2.05) is 24.3 Å². The molecule has 2 unspecified atom stereocenters. The first kappa shape index (κ1) is 23.6. The van der Waals surface area contributed by atoms with Crippen molar-refractivity contribution >= 4 is 49.0 Å². The van der Waals surface area contributed by atoms with Gasteiger partial charge in [0.25, 0.3) is 0 Å². The van der Waals surface area contributed by atoms with Crippen LogP contribution in [-0.2, 0) is 11.8 Å². The van der Waals surface area contributed by atoms with Gasteiger partial charge in [-0.3, -0.25) is 0 Å². The lowest BCUT2D eigenvalue weighted by molar-refractivity contribution is -0.137. The maximum atomic E-state index is 13.4. The number of aliphatic hydroxyl groups is 1. The van der Waals surface area contributed by atoms with Crippen molar-refractivity contribution in [3.8, 4) is 0 Å². The van der Waals surface area contributed by atoms with Gasteiger partial charge in [0, 0.05) is 19.5 Å². The van der Waals surface area contributed by atoms with E-state index < -0.39 is 17.3 Å². The predicted molar refractivity (Wildman–Crippen MR) is 129 cm³/mol. The molecule has 0 aromatic heterocycles. The largest absolute Gasteiger partial charge is 0.416 e. The summed E-state index contributed by atoms with van der Waals surface area (Å²) in [6.07, 6.45) is -2.00. The lowest BCUT2D eigenvalue weighted by Gasteiger charge is -2.37. The van der Waals surface area contributed by atoms with Crippen molar-refractivity contribution in [3.63, 3.8) is 0 Å². The lowest BCUT2D eigenvalue weighted by atomic mass is 9.72. The first-order chi connectivity index (χ1) is 15.1. The molecule has 0 saturated heterocycles. The molecular weight excluding hydrogens is 569 g/mol. The van der Waals surface area contributed by atoms with Crippen LogP contribution in [0.15, 0.2) is 81.8 Å². The van der Waals surface area contributed by atoms with Crippen LogP contribution in [0, 0.1) is 0 Å². The maximum Gasteiger partial charge on any atom is 0.416 e. The van der Waals surface area contributed by atoms with Crippen molar-refractivity contribution in [2.75, 3.05) is 0 Å². The minimum absolute atomic E-state index is 0.199. The zero-order chi connectivity index (χ0) is 23.1. The highest BCUT2D eigenvalue weighted by atomic mass is 79.9. The molecule has 2 atom stereocenters. The lowest BCUT2D eigenvalue weighted by Crippen LogP contribution is -2.30. The molecule has 4 rings (SSSR count). The smallest absolute Gasteiger partial charge is 0.381 e. The Bertz CT molecular complexity index is 1190. The van der Waals surface area contributed by atoms with E-state index in [0.717, 1.165) is 21.7 Å². The number of alkyl halides is 3. The van der Waals surface area contributed by atoms with Gasteiger partial charge in [-0.25, -0.2) is 0 Å². The normalized spacial score (nSPS) is 21.3. The molecule has 1 aliphatic rings. The molecule has 0 amide bonds. The average molecular weight is 587 g/mol. The van der Waals surface area contributed by atoms with Crippen LogP contribution in [0.2, 0.25) is 5.02 Å². The number of allylic oxidation sites excluding steroid dienone is 1. The molecule has 0 radical (unpaired) electrons. The van der Waals surface area contributed by atoms with Gasteiger partial charge in [0.2, 0.25) is 0 Å². The minimum Gasteiger partial charge on any atom is -0.381 e. The third kappa shape index (κ3) is 4.69. The molecule has 1 nitrogen and oxygen atoms in total. The van der Waals surface area contributed by atoms with Gasteiger partial charge in [-0.15, -0.1) is 0 Å². The van der Waals surface area contributed by atoms with Crippen LogP contribution in [0.4, 0.5) is 13.2 Å². The second-order valence-electron chi connectivity index (χ2n) is 7.89. The summed E-state index contributed by atoms with van der Waals surface area (Å²) in [6, 6.07) is 18.3. The number of benzene rings is 3. The molecule has 32 heavy (non-hydrogen) atoms. The summed E-state index contributed by atoms with van der Waals surface area (Å²) in [5.41, 5.74) is 0.585. The third-order valence-corrected chi connectivity index (χ3v) is 7.50. The minimum atomic E-state index is -4.45. The van der Waals surface area contributed by atoms with Crippen LogP contribution >= 0.6 is 43.5 Å². The predicted octanol–water partition coefficient (Wildman–Crippen LogP) is 8.73. The Morgan fingerprint density at radius 2 is 1.62 bits per heavy atom. The van der Waals surface area contributed by atoms with Crippen molar-refractivity contribution in [2.45, 2.75) is 30.5 Å². The van der Waals surface area contributed by atoms with Crippen LogP contribution in [-0.4, -0.2) is 5.11 Å². The van der Waals surface area contributed by atoms with E-state index in [9.17, 15) is 18.3 Å². The Hall–Kier alpha value is -1.60. The summed E-state index contributed by atoms with van der Waals surface area (Å²) in [4.78, 5) is 0. The van der Waals surface area contributed by atoms with E-state index in [4.69, 9.17) is 11.6 Å². The van der Waals surface area contributed by atoms with E-state index in [0.29, 0.717) is 27.0 Å². The second-order valence-corrected chi connectivity index (χ2v) is 10.0.